The average molecular weight is 282 g/mol. The molecule has 2 nitrogen and oxygen atoms in total. The topological polar surface area (TPSA) is 32.3 Å². The minimum Gasteiger partial charge on any atom is -0.389 e. The highest BCUT2D eigenvalue weighted by molar-refractivity contribution is 5.85. The Kier molecular flexibility index (Phi) is 4.88. The molecule has 0 bridgehead atoms. The molecule has 3 rings (SSSR count). The van der Waals surface area contributed by atoms with Gasteiger partial charge in [-0.25, -0.2) is 0 Å². The molecule has 0 amide bonds. The second-order valence-electron chi connectivity index (χ2n) is 5.96. The third kappa shape index (κ3) is 3.13. The van der Waals surface area contributed by atoms with Crippen LogP contribution in [0.3, 0.4) is 0 Å². The van der Waals surface area contributed by atoms with Crippen molar-refractivity contribution in [1.29, 1.82) is 0 Å². The van der Waals surface area contributed by atoms with E-state index in [0.29, 0.717) is 12.0 Å². The Labute approximate surface area is 122 Å². The van der Waals surface area contributed by atoms with E-state index >= 15 is 0 Å². The molecule has 3 heteroatoms. The number of aliphatic hydroxyl groups is 1. The van der Waals surface area contributed by atoms with E-state index in [4.69, 9.17) is 0 Å². The summed E-state index contributed by atoms with van der Waals surface area (Å²) in [5.41, 5.74) is 0.994. The standard InChI is InChI=1S/C16H23NO.ClH/c18-16-9-5-4-8-14(16)15(17-11-10-16)12-13-6-2-1-3-7-13;/h1-3,6-7,14-15,17-18H,4-5,8-12H2;1H. The van der Waals surface area contributed by atoms with E-state index in [1.54, 1.807) is 0 Å². The minimum absolute atomic E-state index is 0. The Morgan fingerprint density at radius 1 is 1.16 bits per heavy atom. The smallest absolute Gasteiger partial charge is 0.0702 e. The molecule has 0 aromatic heterocycles. The summed E-state index contributed by atoms with van der Waals surface area (Å²) in [6.07, 6.45) is 6.65. The van der Waals surface area contributed by atoms with E-state index in [-0.39, 0.29) is 18.0 Å². The summed E-state index contributed by atoms with van der Waals surface area (Å²) in [6, 6.07) is 11.1. The number of piperidine rings is 1. The Morgan fingerprint density at radius 3 is 2.74 bits per heavy atom. The molecule has 0 spiro atoms. The van der Waals surface area contributed by atoms with E-state index in [2.05, 4.69) is 35.6 Å². The summed E-state index contributed by atoms with van der Waals surface area (Å²) >= 11 is 0. The SMILES string of the molecule is Cl.OC12CCCCC1C(Cc1ccccc1)NCC2. The molecule has 1 saturated carbocycles. The van der Waals surface area contributed by atoms with E-state index in [9.17, 15) is 5.11 Å². The molecule has 2 N–H and O–H groups in total. The predicted molar refractivity (Wildman–Crippen MR) is 80.7 cm³/mol. The molecule has 1 saturated heterocycles. The molecule has 1 aliphatic carbocycles. The number of hydrogen-bond acceptors (Lipinski definition) is 2. The van der Waals surface area contributed by atoms with Crippen LogP contribution in [0.5, 0.6) is 0 Å². The quantitative estimate of drug-likeness (QED) is 0.874. The first-order valence-corrected chi connectivity index (χ1v) is 7.28. The molecular formula is C16H24ClNO. The molecule has 106 valence electrons. The molecular weight excluding hydrogens is 258 g/mol. The van der Waals surface area contributed by atoms with Gasteiger partial charge in [-0.15, -0.1) is 12.4 Å². The summed E-state index contributed by atoms with van der Waals surface area (Å²) in [7, 11) is 0. The lowest BCUT2D eigenvalue weighted by Gasteiger charge is -2.48. The van der Waals surface area contributed by atoms with Crippen LogP contribution in [0, 0.1) is 5.92 Å². The maximum absolute atomic E-state index is 10.8. The number of benzene rings is 1. The van der Waals surface area contributed by atoms with Crippen LogP contribution in [0.15, 0.2) is 30.3 Å². The Bertz CT molecular complexity index is 393. The first kappa shape index (κ1) is 14.8. The normalized spacial score (nSPS) is 34.2. The van der Waals surface area contributed by atoms with Crippen LogP contribution in [0.2, 0.25) is 0 Å². The maximum atomic E-state index is 10.8. The van der Waals surface area contributed by atoms with Gasteiger partial charge in [-0.1, -0.05) is 43.2 Å². The zero-order valence-electron chi connectivity index (χ0n) is 11.3. The van der Waals surface area contributed by atoms with Crippen LogP contribution in [0.4, 0.5) is 0 Å². The number of fused-ring (bicyclic) bond motifs is 1. The minimum atomic E-state index is -0.386. The molecule has 1 aromatic carbocycles. The van der Waals surface area contributed by atoms with Gasteiger partial charge in [0.1, 0.15) is 0 Å². The number of halogens is 1. The third-order valence-corrected chi connectivity index (χ3v) is 4.81. The lowest BCUT2D eigenvalue weighted by atomic mass is 9.67. The number of rotatable bonds is 2. The van der Waals surface area contributed by atoms with Crippen molar-refractivity contribution in [2.45, 2.75) is 50.2 Å². The molecule has 2 aliphatic rings. The fraction of sp³-hybridized carbons (Fsp3) is 0.625. The van der Waals surface area contributed by atoms with Gasteiger partial charge in [-0.05, 0) is 37.8 Å². The van der Waals surface area contributed by atoms with Gasteiger partial charge in [0, 0.05) is 12.0 Å². The predicted octanol–water partition coefficient (Wildman–Crippen LogP) is 2.93. The summed E-state index contributed by atoms with van der Waals surface area (Å²) in [5.74, 6) is 0.445. The summed E-state index contributed by atoms with van der Waals surface area (Å²) in [5, 5.41) is 14.4. The van der Waals surface area contributed by atoms with Crippen LogP contribution in [-0.2, 0) is 6.42 Å². The molecule has 0 radical (unpaired) electrons. The van der Waals surface area contributed by atoms with Gasteiger partial charge < -0.3 is 10.4 Å². The van der Waals surface area contributed by atoms with Crippen molar-refractivity contribution >= 4 is 12.4 Å². The van der Waals surface area contributed by atoms with Crippen LogP contribution in [0.1, 0.15) is 37.7 Å². The second kappa shape index (κ2) is 6.25. The van der Waals surface area contributed by atoms with Gasteiger partial charge in [0.05, 0.1) is 5.60 Å². The number of nitrogens with one attached hydrogen (secondary N) is 1. The summed E-state index contributed by atoms with van der Waals surface area (Å²) < 4.78 is 0. The van der Waals surface area contributed by atoms with Crippen molar-refractivity contribution in [3.63, 3.8) is 0 Å². The van der Waals surface area contributed by atoms with Crippen molar-refractivity contribution in [1.82, 2.24) is 5.32 Å². The van der Waals surface area contributed by atoms with E-state index in [1.165, 1.54) is 24.8 Å². The van der Waals surface area contributed by atoms with Crippen LogP contribution < -0.4 is 5.32 Å². The molecule has 3 atom stereocenters. The van der Waals surface area contributed by atoms with Gasteiger partial charge in [-0.3, -0.25) is 0 Å². The monoisotopic (exact) mass is 281 g/mol. The fourth-order valence-electron chi connectivity index (χ4n) is 3.83. The Balaban J connectivity index is 0.00000133. The van der Waals surface area contributed by atoms with Crippen molar-refractivity contribution < 1.29 is 5.11 Å². The van der Waals surface area contributed by atoms with Gasteiger partial charge in [0.25, 0.3) is 0 Å². The molecule has 19 heavy (non-hydrogen) atoms. The van der Waals surface area contributed by atoms with Crippen molar-refractivity contribution in [2.24, 2.45) is 5.92 Å². The fourth-order valence-corrected chi connectivity index (χ4v) is 3.83. The zero-order chi connectivity index (χ0) is 12.4. The third-order valence-electron chi connectivity index (χ3n) is 4.81. The highest BCUT2D eigenvalue weighted by atomic mass is 35.5. The van der Waals surface area contributed by atoms with Gasteiger partial charge in [-0.2, -0.15) is 0 Å². The van der Waals surface area contributed by atoms with E-state index in [1.807, 2.05) is 0 Å². The molecule has 3 unspecified atom stereocenters. The van der Waals surface area contributed by atoms with Gasteiger partial charge in [0.15, 0.2) is 0 Å². The van der Waals surface area contributed by atoms with E-state index in [0.717, 1.165) is 25.8 Å². The second-order valence-corrected chi connectivity index (χ2v) is 5.96. The molecule has 1 heterocycles. The summed E-state index contributed by atoms with van der Waals surface area (Å²) in [4.78, 5) is 0. The van der Waals surface area contributed by atoms with Crippen molar-refractivity contribution in [3.8, 4) is 0 Å². The van der Waals surface area contributed by atoms with Crippen LogP contribution in [0.25, 0.3) is 0 Å². The summed E-state index contributed by atoms with van der Waals surface area (Å²) in [6.45, 7) is 0.963. The lowest BCUT2D eigenvalue weighted by Crippen LogP contribution is -2.58. The lowest BCUT2D eigenvalue weighted by molar-refractivity contribution is -0.0850. The van der Waals surface area contributed by atoms with Crippen LogP contribution >= 0.6 is 12.4 Å². The van der Waals surface area contributed by atoms with Crippen molar-refractivity contribution in [2.75, 3.05) is 6.54 Å². The number of hydrogen-bond donors (Lipinski definition) is 2. The Morgan fingerprint density at radius 2 is 1.95 bits per heavy atom. The largest absolute Gasteiger partial charge is 0.389 e. The average Bonchev–Trinajstić information content (AvgIpc) is 2.39. The van der Waals surface area contributed by atoms with E-state index < -0.39 is 0 Å². The molecule has 2 fully saturated rings. The first-order chi connectivity index (χ1) is 8.78. The highest BCUT2D eigenvalue weighted by Gasteiger charge is 2.45. The first-order valence-electron chi connectivity index (χ1n) is 7.28. The molecule has 1 aromatic rings. The maximum Gasteiger partial charge on any atom is 0.0702 e. The molecule has 1 aliphatic heterocycles. The van der Waals surface area contributed by atoms with Gasteiger partial charge in [0.2, 0.25) is 0 Å². The Hall–Kier alpha value is -0.570. The zero-order valence-corrected chi connectivity index (χ0v) is 12.2. The van der Waals surface area contributed by atoms with Gasteiger partial charge >= 0.3 is 0 Å². The van der Waals surface area contributed by atoms with Crippen molar-refractivity contribution in [3.05, 3.63) is 35.9 Å². The highest BCUT2D eigenvalue weighted by Crippen LogP contribution is 2.41. The van der Waals surface area contributed by atoms with Crippen LogP contribution in [-0.4, -0.2) is 23.3 Å².